The van der Waals surface area contributed by atoms with E-state index in [2.05, 4.69) is 147 Å². The standard InChI is InChI=1S/C39H46/c1-26-20-30(37(2,3)4)23-32(26)35-24-31(38(5,6)7)25-36-33-22-29(18-17-28(33)21-34(35)36)39(8,9)19-13-16-27-14-11-10-12-15-27/h10-15,17-20,22-25,32H,16,21H2,1-9H3. The molecule has 0 amide bonds. The van der Waals surface area contributed by atoms with Crippen LogP contribution in [0.5, 0.6) is 0 Å². The minimum absolute atomic E-state index is 0.0356. The predicted octanol–water partition coefficient (Wildman–Crippen LogP) is 10.6. The number of rotatable bonds is 5. The van der Waals surface area contributed by atoms with Crippen molar-refractivity contribution in [1.29, 1.82) is 0 Å². The molecule has 0 saturated heterocycles. The first-order valence-corrected chi connectivity index (χ1v) is 14.7. The molecule has 0 N–H and O–H groups in total. The van der Waals surface area contributed by atoms with Crippen molar-refractivity contribution in [3.05, 3.63) is 129 Å². The summed E-state index contributed by atoms with van der Waals surface area (Å²) >= 11 is 0. The third-order valence-corrected chi connectivity index (χ3v) is 8.81. The predicted molar refractivity (Wildman–Crippen MR) is 170 cm³/mol. The molecule has 3 aromatic carbocycles. The van der Waals surface area contributed by atoms with E-state index in [1.165, 1.54) is 55.7 Å². The molecule has 202 valence electrons. The maximum absolute atomic E-state index is 2.53. The first-order chi connectivity index (χ1) is 18.2. The molecule has 1 unspecified atom stereocenters. The number of fused-ring (bicyclic) bond motifs is 3. The maximum atomic E-state index is 2.53. The average molecular weight is 515 g/mol. The highest BCUT2D eigenvalue weighted by molar-refractivity contribution is 5.80. The normalized spacial score (nSPS) is 17.3. The zero-order chi connectivity index (χ0) is 28.2. The highest BCUT2D eigenvalue weighted by Crippen LogP contribution is 2.48. The number of allylic oxidation sites excluding steroid dienone is 6. The number of benzene rings is 3. The van der Waals surface area contributed by atoms with Crippen LogP contribution in [0.4, 0.5) is 0 Å². The molecule has 0 aromatic heterocycles. The summed E-state index contributed by atoms with van der Waals surface area (Å²) in [4.78, 5) is 0. The molecule has 0 saturated carbocycles. The topological polar surface area (TPSA) is 0 Å². The Bertz CT molecular complexity index is 1470. The van der Waals surface area contributed by atoms with Crippen molar-refractivity contribution in [3.63, 3.8) is 0 Å². The molecule has 0 fully saturated rings. The molecule has 1 atom stereocenters. The lowest BCUT2D eigenvalue weighted by Crippen LogP contribution is -2.14. The van der Waals surface area contributed by atoms with Crippen molar-refractivity contribution < 1.29 is 0 Å². The molecule has 0 spiro atoms. The van der Waals surface area contributed by atoms with Crippen LogP contribution in [-0.4, -0.2) is 0 Å². The molecule has 0 heteroatoms. The van der Waals surface area contributed by atoms with Gasteiger partial charge in [-0.3, -0.25) is 0 Å². The van der Waals surface area contributed by atoms with E-state index < -0.39 is 0 Å². The second-order valence-corrected chi connectivity index (χ2v) is 14.4. The molecule has 0 bridgehead atoms. The molecule has 3 aromatic rings. The summed E-state index contributed by atoms with van der Waals surface area (Å²) in [6.45, 7) is 21.0. The fraction of sp³-hybridized carbons (Fsp3) is 0.385. The van der Waals surface area contributed by atoms with E-state index in [-0.39, 0.29) is 16.2 Å². The van der Waals surface area contributed by atoms with Gasteiger partial charge >= 0.3 is 0 Å². The minimum Gasteiger partial charge on any atom is -0.0833 e. The van der Waals surface area contributed by atoms with Gasteiger partial charge in [-0.25, -0.2) is 0 Å². The Balaban J connectivity index is 1.56. The van der Waals surface area contributed by atoms with Crippen molar-refractivity contribution in [1.82, 2.24) is 0 Å². The van der Waals surface area contributed by atoms with Gasteiger partial charge in [-0.1, -0.05) is 140 Å². The summed E-state index contributed by atoms with van der Waals surface area (Å²) in [5, 5.41) is 0. The molecular weight excluding hydrogens is 468 g/mol. The molecule has 5 rings (SSSR count). The van der Waals surface area contributed by atoms with Gasteiger partial charge in [0.1, 0.15) is 0 Å². The summed E-state index contributed by atoms with van der Waals surface area (Å²) in [6.07, 6.45) is 11.7. The van der Waals surface area contributed by atoms with Crippen LogP contribution in [0.3, 0.4) is 0 Å². The van der Waals surface area contributed by atoms with Crippen LogP contribution in [0.15, 0.2) is 96.1 Å². The first-order valence-electron chi connectivity index (χ1n) is 14.7. The van der Waals surface area contributed by atoms with Gasteiger partial charge in [0.2, 0.25) is 0 Å². The third kappa shape index (κ3) is 5.49. The van der Waals surface area contributed by atoms with Gasteiger partial charge in [0.15, 0.2) is 0 Å². The molecule has 39 heavy (non-hydrogen) atoms. The van der Waals surface area contributed by atoms with Crippen LogP contribution in [0.2, 0.25) is 0 Å². The van der Waals surface area contributed by atoms with E-state index in [0.717, 1.165) is 12.8 Å². The lowest BCUT2D eigenvalue weighted by molar-refractivity contribution is 0.517. The summed E-state index contributed by atoms with van der Waals surface area (Å²) in [5.74, 6) is 0.362. The van der Waals surface area contributed by atoms with E-state index in [1.54, 1.807) is 0 Å². The molecule has 2 aliphatic carbocycles. The molecule has 2 aliphatic rings. The van der Waals surface area contributed by atoms with Gasteiger partial charge in [0, 0.05) is 11.3 Å². The second-order valence-electron chi connectivity index (χ2n) is 14.4. The van der Waals surface area contributed by atoms with Crippen molar-refractivity contribution in [2.45, 2.75) is 91.9 Å². The van der Waals surface area contributed by atoms with Crippen molar-refractivity contribution in [2.24, 2.45) is 5.41 Å². The Morgan fingerprint density at radius 1 is 0.769 bits per heavy atom. The van der Waals surface area contributed by atoms with Crippen molar-refractivity contribution in [2.75, 3.05) is 0 Å². The fourth-order valence-electron chi connectivity index (χ4n) is 6.11. The second kappa shape index (κ2) is 9.81. The summed E-state index contributed by atoms with van der Waals surface area (Å²) < 4.78 is 0. The molecule has 0 heterocycles. The monoisotopic (exact) mass is 514 g/mol. The van der Waals surface area contributed by atoms with Gasteiger partial charge in [0.25, 0.3) is 0 Å². The Hall–Kier alpha value is -3.12. The molecule has 0 radical (unpaired) electrons. The summed E-state index contributed by atoms with van der Waals surface area (Å²) in [5.41, 5.74) is 14.7. The van der Waals surface area contributed by atoms with Crippen LogP contribution in [0.1, 0.15) is 102 Å². The summed E-state index contributed by atoms with van der Waals surface area (Å²) in [6, 6.07) is 23.0. The molecule has 0 nitrogen and oxygen atoms in total. The largest absolute Gasteiger partial charge is 0.0833 e. The maximum Gasteiger partial charge on any atom is 0.0237 e. The van der Waals surface area contributed by atoms with Gasteiger partial charge in [-0.15, -0.1) is 0 Å². The van der Waals surface area contributed by atoms with E-state index in [9.17, 15) is 0 Å². The Kier molecular flexibility index (Phi) is 6.91. The summed E-state index contributed by atoms with van der Waals surface area (Å²) in [7, 11) is 0. The quantitative estimate of drug-likeness (QED) is 0.232. The van der Waals surface area contributed by atoms with Crippen molar-refractivity contribution in [3.8, 4) is 11.1 Å². The highest BCUT2D eigenvalue weighted by Gasteiger charge is 2.32. The lowest BCUT2D eigenvalue weighted by atomic mass is 9.79. The minimum atomic E-state index is -0.0356. The first kappa shape index (κ1) is 27.4. The zero-order valence-corrected chi connectivity index (χ0v) is 25.6. The fourth-order valence-corrected chi connectivity index (χ4v) is 6.11. The zero-order valence-electron chi connectivity index (χ0n) is 25.6. The molecule has 0 aliphatic heterocycles. The average Bonchev–Trinajstić information content (AvgIpc) is 3.43. The van der Waals surface area contributed by atoms with E-state index in [0.29, 0.717) is 5.92 Å². The molecular formula is C39H46. The van der Waals surface area contributed by atoms with Gasteiger partial charge < -0.3 is 0 Å². The number of hydrogen-bond donors (Lipinski definition) is 0. The van der Waals surface area contributed by atoms with Crippen LogP contribution in [0.25, 0.3) is 11.1 Å². The van der Waals surface area contributed by atoms with Gasteiger partial charge in [-0.2, -0.15) is 0 Å². The van der Waals surface area contributed by atoms with E-state index in [4.69, 9.17) is 0 Å². The number of hydrogen-bond acceptors (Lipinski definition) is 0. The van der Waals surface area contributed by atoms with Crippen LogP contribution >= 0.6 is 0 Å². The van der Waals surface area contributed by atoms with E-state index >= 15 is 0 Å². The Labute approximate surface area is 237 Å². The van der Waals surface area contributed by atoms with Crippen LogP contribution < -0.4 is 0 Å². The van der Waals surface area contributed by atoms with Crippen molar-refractivity contribution >= 4 is 0 Å². The Morgan fingerprint density at radius 3 is 2.10 bits per heavy atom. The van der Waals surface area contributed by atoms with Gasteiger partial charge in [0.05, 0.1) is 0 Å². The lowest BCUT2D eigenvalue weighted by Gasteiger charge is -2.25. The Morgan fingerprint density at radius 2 is 1.46 bits per heavy atom. The van der Waals surface area contributed by atoms with Gasteiger partial charge in [-0.05, 0) is 86.7 Å². The van der Waals surface area contributed by atoms with Crippen LogP contribution in [-0.2, 0) is 23.7 Å². The van der Waals surface area contributed by atoms with Crippen LogP contribution in [0, 0.1) is 5.41 Å². The highest BCUT2D eigenvalue weighted by atomic mass is 14.4. The smallest absolute Gasteiger partial charge is 0.0237 e. The van der Waals surface area contributed by atoms with E-state index in [1.807, 2.05) is 0 Å². The third-order valence-electron chi connectivity index (χ3n) is 8.81. The SMILES string of the molecule is CC1=CC(C(C)(C)C)=CC1c1cc(C(C)(C)C)cc2c1Cc1ccc(C(C)(C)C=CCc3ccccc3)cc1-2.